The van der Waals surface area contributed by atoms with E-state index in [1.807, 2.05) is 4.57 Å². The minimum absolute atomic E-state index is 0.171. The first-order valence-electron chi connectivity index (χ1n) is 8.59. The van der Waals surface area contributed by atoms with Crippen LogP contribution < -0.4 is 10.6 Å². The number of carbonyl (C=O) groups excluding carboxylic acids is 2. The Morgan fingerprint density at radius 2 is 2.04 bits per heavy atom. The van der Waals surface area contributed by atoms with Crippen molar-refractivity contribution in [2.75, 3.05) is 5.32 Å². The second-order valence-corrected chi connectivity index (χ2v) is 6.99. The molecule has 4 rings (SSSR count). The standard InChI is InChI=1S/C18H19ClN4O2/c19-11-4-3-5-13(10-11)21-18(25)16-22-15(17(24)20-12-7-8-12)14-6-1-2-9-23(14)16/h3-5,10,12H,1-2,6-9H2,(H,20,24)(H,21,25). The van der Waals surface area contributed by atoms with Gasteiger partial charge in [0.05, 0.1) is 5.69 Å². The molecule has 1 aliphatic carbocycles. The smallest absolute Gasteiger partial charge is 0.291 e. The van der Waals surface area contributed by atoms with Crippen molar-refractivity contribution in [3.8, 4) is 0 Å². The van der Waals surface area contributed by atoms with E-state index < -0.39 is 0 Å². The lowest BCUT2D eigenvalue weighted by Crippen LogP contribution is -2.27. The molecule has 130 valence electrons. The number of anilines is 1. The lowest BCUT2D eigenvalue weighted by molar-refractivity contribution is 0.0945. The summed E-state index contributed by atoms with van der Waals surface area (Å²) in [6.45, 7) is 0.706. The Morgan fingerprint density at radius 1 is 1.20 bits per heavy atom. The van der Waals surface area contributed by atoms with Gasteiger partial charge in [-0.15, -0.1) is 0 Å². The van der Waals surface area contributed by atoms with Gasteiger partial charge in [-0.05, 0) is 50.3 Å². The highest BCUT2D eigenvalue weighted by Crippen LogP contribution is 2.24. The molecule has 1 saturated carbocycles. The zero-order valence-electron chi connectivity index (χ0n) is 13.7. The third-order valence-electron chi connectivity index (χ3n) is 4.53. The fourth-order valence-electron chi connectivity index (χ4n) is 3.13. The van der Waals surface area contributed by atoms with E-state index in [1.54, 1.807) is 24.3 Å². The lowest BCUT2D eigenvalue weighted by atomic mass is 10.1. The summed E-state index contributed by atoms with van der Waals surface area (Å²) >= 11 is 5.96. The number of hydrogen-bond donors (Lipinski definition) is 2. The largest absolute Gasteiger partial charge is 0.348 e. The molecule has 2 amide bonds. The molecule has 6 nitrogen and oxygen atoms in total. The van der Waals surface area contributed by atoms with Gasteiger partial charge < -0.3 is 15.2 Å². The topological polar surface area (TPSA) is 76.0 Å². The van der Waals surface area contributed by atoms with Crippen LogP contribution >= 0.6 is 11.6 Å². The van der Waals surface area contributed by atoms with E-state index in [2.05, 4.69) is 15.6 Å². The molecule has 1 aromatic heterocycles. The van der Waals surface area contributed by atoms with Gasteiger partial charge in [-0.3, -0.25) is 9.59 Å². The highest BCUT2D eigenvalue weighted by atomic mass is 35.5. The number of halogens is 1. The van der Waals surface area contributed by atoms with E-state index in [4.69, 9.17) is 11.6 Å². The molecule has 2 aliphatic rings. The molecular weight excluding hydrogens is 340 g/mol. The number of nitrogens with zero attached hydrogens (tertiary/aromatic N) is 2. The number of benzene rings is 1. The van der Waals surface area contributed by atoms with Crippen molar-refractivity contribution in [2.45, 2.75) is 44.7 Å². The van der Waals surface area contributed by atoms with Gasteiger partial charge in [-0.25, -0.2) is 4.98 Å². The molecule has 2 heterocycles. The highest BCUT2D eigenvalue weighted by molar-refractivity contribution is 6.30. The SMILES string of the molecule is O=C(NC1CC1)c1nc(C(=O)Nc2cccc(Cl)c2)n2c1CCCC2. The third kappa shape index (κ3) is 3.39. The Bertz CT molecular complexity index is 842. The van der Waals surface area contributed by atoms with Crippen molar-refractivity contribution in [1.82, 2.24) is 14.9 Å². The monoisotopic (exact) mass is 358 g/mol. The number of carbonyl (C=O) groups is 2. The number of fused-ring (bicyclic) bond motifs is 1. The van der Waals surface area contributed by atoms with Gasteiger partial charge in [0.15, 0.2) is 5.82 Å². The molecular formula is C18H19ClN4O2. The molecule has 2 N–H and O–H groups in total. The molecule has 0 unspecified atom stereocenters. The zero-order valence-corrected chi connectivity index (χ0v) is 14.5. The fraction of sp³-hybridized carbons (Fsp3) is 0.389. The van der Waals surface area contributed by atoms with Crippen LogP contribution in [0.3, 0.4) is 0 Å². The fourth-order valence-corrected chi connectivity index (χ4v) is 3.32. The van der Waals surface area contributed by atoms with Crippen molar-refractivity contribution in [1.29, 1.82) is 0 Å². The first kappa shape index (κ1) is 16.1. The number of rotatable bonds is 4. The van der Waals surface area contributed by atoms with Crippen LogP contribution in [0.25, 0.3) is 0 Å². The Morgan fingerprint density at radius 3 is 2.80 bits per heavy atom. The van der Waals surface area contributed by atoms with Crippen LogP contribution in [0.2, 0.25) is 5.02 Å². The van der Waals surface area contributed by atoms with E-state index in [-0.39, 0.29) is 23.7 Å². The predicted molar refractivity (Wildman–Crippen MR) is 95.1 cm³/mol. The molecule has 1 aliphatic heterocycles. The van der Waals surface area contributed by atoms with Gasteiger partial charge >= 0.3 is 0 Å². The van der Waals surface area contributed by atoms with Crippen molar-refractivity contribution in [2.24, 2.45) is 0 Å². The van der Waals surface area contributed by atoms with Crippen LogP contribution in [0, 0.1) is 0 Å². The first-order valence-corrected chi connectivity index (χ1v) is 8.97. The summed E-state index contributed by atoms with van der Waals surface area (Å²) in [7, 11) is 0. The van der Waals surface area contributed by atoms with Crippen LogP contribution in [0.15, 0.2) is 24.3 Å². The first-order chi connectivity index (χ1) is 12.1. The average Bonchev–Trinajstić information content (AvgIpc) is 3.32. The normalized spacial score (nSPS) is 16.2. The molecule has 0 saturated heterocycles. The molecule has 0 spiro atoms. The van der Waals surface area contributed by atoms with Crippen LogP contribution in [0.5, 0.6) is 0 Å². The summed E-state index contributed by atoms with van der Waals surface area (Å²) < 4.78 is 1.88. The van der Waals surface area contributed by atoms with Gasteiger partial charge in [0.1, 0.15) is 5.69 Å². The van der Waals surface area contributed by atoms with Crippen molar-refractivity contribution >= 4 is 29.1 Å². The Balaban J connectivity index is 1.63. The number of amides is 2. The quantitative estimate of drug-likeness (QED) is 0.882. The molecule has 1 fully saturated rings. The van der Waals surface area contributed by atoms with Gasteiger partial charge in [-0.2, -0.15) is 0 Å². The second kappa shape index (κ2) is 6.52. The molecule has 1 aromatic carbocycles. The number of nitrogens with one attached hydrogen (secondary N) is 2. The summed E-state index contributed by atoms with van der Waals surface area (Å²) in [6.07, 6.45) is 4.79. The zero-order chi connectivity index (χ0) is 17.4. The minimum Gasteiger partial charge on any atom is -0.348 e. The van der Waals surface area contributed by atoms with Crippen molar-refractivity contribution in [3.05, 3.63) is 46.5 Å². The maximum atomic E-state index is 12.7. The van der Waals surface area contributed by atoms with Crippen molar-refractivity contribution in [3.63, 3.8) is 0 Å². The Hall–Kier alpha value is -2.34. The summed E-state index contributed by atoms with van der Waals surface area (Å²) in [5.41, 5.74) is 1.86. The van der Waals surface area contributed by atoms with Gasteiger partial charge in [-0.1, -0.05) is 17.7 Å². The maximum absolute atomic E-state index is 12.7. The predicted octanol–water partition coefficient (Wildman–Crippen LogP) is 3.02. The van der Waals surface area contributed by atoms with E-state index >= 15 is 0 Å². The third-order valence-corrected chi connectivity index (χ3v) is 4.77. The summed E-state index contributed by atoms with van der Waals surface area (Å²) in [6, 6.07) is 7.23. The summed E-state index contributed by atoms with van der Waals surface area (Å²) in [4.78, 5) is 29.6. The van der Waals surface area contributed by atoms with E-state index in [0.717, 1.165) is 37.8 Å². The van der Waals surface area contributed by atoms with Crippen LogP contribution in [-0.4, -0.2) is 27.4 Å². The highest BCUT2D eigenvalue weighted by Gasteiger charge is 2.30. The number of aromatic nitrogens is 2. The van der Waals surface area contributed by atoms with Gasteiger partial charge in [0.25, 0.3) is 11.8 Å². The van der Waals surface area contributed by atoms with E-state index in [0.29, 0.717) is 22.9 Å². The maximum Gasteiger partial charge on any atom is 0.291 e. The van der Waals surface area contributed by atoms with Crippen molar-refractivity contribution < 1.29 is 9.59 Å². The molecule has 0 bridgehead atoms. The second-order valence-electron chi connectivity index (χ2n) is 6.55. The van der Waals surface area contributed by atoms with Gasteiger partial charge in [0, 0.05) is 23.3 Å². The number of hydrogen-bond acceptors (Lipinski definition) is 3. The molecule has 2 aromatic rings. The van der Waals surface area contributed by atoms with Crippen LogP contribution in [0.4, 0.5) is 5.69 Å². The molecule has 25 heavy (non-hydrogen) atoms. The molecule has 7 heteroatoms. The lowest BCUT2D eigenvalue weighted by Gasteiger charge is -2.17. The average molecular weight is 359 g/mol. The molecule has 0 atom stereocenters. The summed E-state index contributed by atoms with van der Waals surface area (Å²) in [5, 5.41) is 6.33. The Labute approximate surface area is 150 Å². The Kier molecular flexibility index (Phi) is 4.21. The van der Waals surface area contributed by atoms with E-state index in [1.165, 1.54) is 0 Å². The minimum atomic E-state index is -0.323. The molecule has 0 radical (unpaired) electrons. The van der Waals surface area contributed by atoms with E-state index in [9.17, 15) is 9.59 Å². The van der Waals surface area contributed by atoms with Gasteiger partial charge in [0.2, 0.25) is 0 Å². The van der Waals surface area contributed by atoms with Crippen LogP contribution in [0.1, 0.15) is 52.5 Å². The number of imidazole rings is 1. The summed E-state index contributed by atoms with van der Waals surface area (Å²) in [5.74, 6) is -0.207. The van der Waals surface area contributed by atoms with Crippen LogP contribution in [-0.2, 0) is 13.0 Å².